The van der Waals surface area contributed by atoms with E-state index in [0.29, 0.717) is 30.9 Å². The van der Waals surface area contributed by atoms with Gasteiger partial charge >= 0.3 is 12.2 Å². The van der Waals surface area contributed by atoms with E-state index in [4.69, 9.17) is 9.47 Å². The van der Waals surface area contributed by atoms with Crippen LogP contribution in [0.4, 0.5) is 19.1 Å². The summed E-state index contributed by atoms with van der Waals surface area (Å²) in [6.07, 6.45) is 5.63. The Hall–Kier alpha value is -2.95. The molecule has 2 fully saturated rings. The molecule has 4 bridgehead atoms. The molecule has 2 aromatic rings. The van der Waals surface area contributed by atoms with Crippen LogP contribution in [0.1, 0.15) is 86.0 Å². The number of fused-ring (bicyclic) bond motifs is 4. The second-order valence-electron chi connectivity index (χ2n) is 11.4. The average molecular weight is 562 g/mol. The molecule has 0 amide bonds. The van der Waals surface area contributed by atoms with Crippen LogP contribution in [0.3, 0.4) is 0 Å². The maximum atomic E-state index is 13.4. The topological polar surface area (TPSA) is 89.5 Å². The number of likely N-dealkylation sites (tertiary alicyclic amines) is 1. The maximum absolute atomic E-state index is 13.4. The number of rotatable bonds is 8. The number of carbonyl (C=O) groups is 1. The Bertz CT molecular complexity index is 1170. The number of aromatic nitrogens is 3. The summed E-state index contributed by atoms with van der Waals surface area (Å²) in [7, 11) is 0. The number of hydrogen-bond donors (Lipinski definition) is 1. The van der Waals surface area contributed by atoms with Crippen molar-refractivity contribution >= 4 is 11.7 Å². The Morgan fingerprint density at radius 3 is 2.62 bits per heavy atom. The summed E-state index contributed by atoms with van der Waals surface area (Å²) in [5, 5.41) is 3.07. The number of halogens is 3. The van der Waals surface area contributed by atoms with Crippen molar-refractivity contribution in [2.75, 3.05) is 44.7 Å². The van der Waals surface area contributed by atoms with E-state index in [1.165, 1.54) is 38.8 Å². The molecular formula is C29H38F3N5O3. The van der Waals surface area contributed by atoms with Crippen molar-refractivity contribution in [2.24, 2.45) is 5.41 Å². The second-order valence-corrected chi connectivity index (χ2v) is 11.4. The lowest BCUT2D eigenvalue weighted by Gasteiger charge is -2.22. The molecule has 1 N–H and O–H groups in total. The van der Waals surface area contributed by atoms with E-state index in [-0.39, 0.29) is 35.4 Å². The fourth-order valence-electron chi connectivity index (χ4n) is 5.53. The molecule has 1 saturated heterocycles. The van der Waals surface area contributed by atoms with Crippen molar-refractivity contribution in [3.05, 3.63) is 35.2 Å². The first-order chi connectivity index (χ1) is 19.3. The van der Waals surface area contributed by atoms with Crippen LogP contribution in [0.15, 0.2) is 18.2 Å². The maximum Gasteiger partial charge on any atom is 0.422 e. The molecule has 1 aliphatic carbocycles. The van der Waals surface area contributed by atoms with E-state index >= 15 is 0 Å². The molecule has 218 valence electrons. The summed E-state index contributed by atoms with van der Waals surface area (Å²) in [4.78, 5) is 28.5. The summed E-state index contributed by atoms with van der Waals surface area (Å²) < 4.78 is 49.1. The van der Waals surface area contributed by atoms with Crippen molar-refractivity contribution < 1.29 is 27.4 Å². The van der Waals surface area contributed by atoms with Crippen molar-refractivity contribution in [2.45, 2.75) is 76.8 Å². The number of nitrogens with one attached hydrogen (secondary N) is 1. The first kappa shape index (κ1) is 28.6. The largest absolute Gasteiger partial charge is 0.493 e. The Morgan fingerprint density at radius 2 is 1.85 bits per heavy atom. The molecular weight excluding hydrogens is 523 g/mol. The lowest BCUT2D eigenvalue weighted by molar-refractivity contribution is -0.154. The monoisotopic (exact) mass is 561 g/mol. The molecule has 0 spiro atoms. The molecule has 0 atom stereocenters. The number of Topliss-reactive ketones (excluding diaryl/α,β-unsaturated/α-hetero) is 1. The SMILES string of the molecule is O=C(CCC1(CN2CCCC2)CC1)c1ccc2cc1OCCCCCCNc1nc(nc(OCC(F)(F)F)n1)C2. The van der Waals surface area contributed by atoms with Gasteiger partial charge in [-0.2, -0.15) is 28.1 Å². The minimum atomic E-state index is -4.50. The zero-order valence-electron chi connectivity index (χ0n) is 22.9. The third kappa shape index (κ3) is 8.28. The fraction of sp³-hybridized carbons (Fsp3) is 0.655. The molecule has 3 aliphatic rings. The highest BCUT2D eigenvalue weighted by molar-refractivity contribution is 5.98. The smallest absolute Gasteiger partial charge is 0.422 e. The first-order valence-electron chi connectivity index (χ1n) is 14.5. The first-order valence-corrected chi connectivity index (χ1v) is 14.5. The van der Waals surface area contributed by atoms with Gasteiger partial charge in [-0.05, 0) is 81.1 Å². The second kappa shape index (κ2) is 12.7. The van der Waals surface area contributed by atoms with Gasteiger partial charge in [-0.1, -0.05) is 18.9 Å². The molecule has 8 nitrogen and oxygen atoms in total. The number of benzene rings is 1. The highest BCUT2D eigenvalue weighted by Crippen LogP contribution is 2.50. The molecule has 2 aliphatic heterocycles. The molecule has 3 heterocycles. The molecule has 40 heavy (non-hydrogen) atoms. The van der Waals surface area contributed by atoms with E-state index in [1.807, 2.05) is 12.1 Å². The fourth-order valence-corrected chi connectivity index (χ4v) is 5.53. The third-order valence-electron chi connectivity index (χ3n) is 7.94. The molecule has 1 aromatic carbocycles. The Morgan fingerprint density at radius 1 is 1.05 bits per heavy atom. The van der Waals surface area contributed by atoms with Crippen LogP contribution in [0, 0.1) is 5.41 Å². The summed E-state index contributed by atoms with van der Waals surface area (Å²) in [6, 6.07) is 5.09. The Kier molecular flexibility index (Phi) is 9.07. The van der Waals surface area contributed by atoms with Crippen LogP contribution in [0.5, 0.6) is 11.8 Å². The van der Waals surface area contributed by atoms with Crippen LogP contribution in [-0.4, -0.2) is 71.2 Å². The summed E-state index contributed by atoms with van der Waals surface area (Å²) in [6.45, 7) is 3.05. The van der Waals surface area contributed by atoms with Gasteiger partial charge in [-0.25, -0.2) is 0 Å². The number of alkyl halides is 3. The van der Waals surface area contributed by atoms with Gasteiger partial charge in [0.25, 0.3) is 0 Å². The van der Waals surface area contributed by atoms with Crippen molar-refractivity contribution in [3.8, 4) is 11.8 Å². The number of carbonyl (C=O) groups excluding carboxylic acids is 1. The molecule has 11 heteroatoms. The van der Waals surface area contributed by atoms with Gasteiger partial charge in [0, 0.05) is 25.9 Å². The van der Waals surface area contributed by atoms with E-state index in [2.05, 4.69) is 25.2 Å². The predicted molar refractivity (Wildman–Crippen MR) is 144 cm³/mol. The van der Waals surface area contributed by atoms with Gasteiger partial charge in [-0.15, -0.1) is 0 Å². The highest BCUT2D eigenvalue weighted by Gasteiger charge is 2.44. The van der Waals surface area contributed by atoms with E-state index in [9.17, 15) is 18.0 Å². The molecule has 1 aromatic heterocycles. The summed E-state index contributed by atoms with van der Waals surface area (Å²) in [5.41, 5.74) is 1.65. The molecule has 0 radical (unpaired) electrons. The predicted octanol–water partition coefficient (Wildman–Crippen LogP) is 5.61. The van der Waals surface area contributed by atoms with Gasteiger partial charge in [-0.3, -0.25) is 4.79 Å². The Labute approximate surface area is 233 Å². The van der Waals surface area contributed by atoms with Gasteiger partial charge < -0.3 is 19.7 Å². The summed E-state index contributed by atoms with van der Waals surface area (Å²) in [5.74, 6) is 1.08. The van der Waals surface area contributed by atoms with Crippen molar-refractivity contribution in [1.82, 2.24) is 19.9 Å². The lowest BCUT2D eigenvalue weighted by atomic mass is 9.94. The van der Waals surface area contributed by atoms with Crippen LogP contribution in [0.2, 0.25) is 0 Å². The molecule has 5 rings (SSSR count). The minimum absolute atomic E-state index is 0.0849. The van der Waals surface area contributed by atoms with Crippen molar-refractivity contribution in [3.63, 3.8) is 0 Å². The van der Waals surface area contributed by atoms with Crippen LogP contribution < -0.4 is 14.8 Å². The quantitative estimate of drug-likeness (QED) is 0.416. The standard InChI is InChI=1S/C29H38F3N5O3/c30-29(31,32)20-40-27-35-25-18-21-7-8-22(23(38)9-10-28(11-12-28)19-37-14-4-5-15-37)24(17-21)39-16-6-2-1-3-13-33-26(34-25)36-27/h7-8,17H,1-6,9-16,18-20H2,(H,33,34,35,36). The van der Waals surface area contributed by atoms with E-state index in [1.54, 1.807) is 6.07 Å². The highest BCUT2D eigenvalue weighted by atomic mass is 19.4. The van der Waals surface area contributed by atoms with E-state index < -0.39 is 12.8 Å². The van der Waals surface area contributed by atoms with Crippen molar-refractivity contribution in [1.29, 1.82) is 0 Å². The zero-order valence-corrected chi connectivity index (χ0v) is 22.9. The Balaban J connectivity index is 1.31. The van der Waals surface area contributed by atoms with Crippen LogP contribution in [0.25, 0.3) is 0 Å². The zero-order chi connectivity index (χ0) is 28.0. The normalized spacial score (nSPS) is 19.6. The molecule has 1 saturated carbocycles. The van der Waals surface area contributed by atoms with Gasteiger partial charge in [0.1, 0.15) is 11.6 Å². The number of nitrogens with zero attached hydrogens (tertiary/aromatic N) is 4. The van der Waals surface area contributed by atoms with Gasteiger partial charge in [0.05, 0.1) is 12.2 Å². The van der Waals surface area contributed by atoms with E-state index in [0.717, 1.165) is 44.2 Å². The third-order valence-corrected chi connectivity index (χ3v) is 7.94. The van der Waals surface area contributed by atoms with Crippen LogP contribution >= 0.6 is 0 Å². The van der Waals surface area contributed by atoms with Gasteiger partial charge in [0.15, 0.2) is 12.4 Å². The number of hydrogen-bond acceptors (Lipinski definition) is 8. The number of ketones is 1. The average Bonchev–Trinajstić information content (AvgIpc) is 3.48. The number of ether oxygens (including phenoxy) is 2. The lowest BCUT2D eigenvalue weighted by Crippen LogP contribution is -2.28. The summed E-state index contributed by atoms with van der Waals surface area (Å²) >= 11 is 0. The van der Waals surface area contributed by atoms with Crippen LogP contribution in [-0.2, 0) is 6.42 Å². The minimum Gasteiger partial charge on any atom is -0.493 e. The van der Waals surface area contributed by atoms with Gasteiger partial charge in [0.2, 0.25) is 5.95 Å². The molecule has 0 unspecified atom stereocenters. The number of anilines is 1.